The van der Waals surface area contributed by atoms with E-state index in [1.54, 1.807) is 0 Å². The number of likely N-dealkylation sites (tertiary alicyclic amines) is 1. The zero-order valence-electron chi connectivity index (χ0n) is 11.6. The molecule has 2 rings (SSSR count). The van der Waals surface area contributed by atoms with Crippen LogP contribution in [0, 0.1) is 11.3 Å². The maximum atomic E-state index is 12.1. The minimum Gasteiger partial charge on any atom is -0.337 e. The van der Waals surface area contributed by atoms with Crippen molar-refractivity contribution in [2.24, 2.45) is 17.1 Å². The van der Waals surface area contributed by atoms with Crippen molar-refractivity contribution in [1.82, 2.24) is 4.90 Å². The van der Waals surface area contributed by atoms with Crippen molar-refractivity contribution in [2.45, 2.75) is 39.7 Å². The van der Waals surface area contributed by atoms with Crippen molar-refractivity contribution in [3.8, 4) is 0 Å². The Morgan fingerprint density at radius 1 is 1.50 bits per heavy atom. The van der Waals surface area contributed by atoms with E-state index in [1.165, 1.54) is 5.57 Å². The van der Waals surface area contributed by atoms with E-state index >= 15 is 0 Å². The smallest absolute Gasteiger partial charge is 0.223 e. The molecule has 0 aromatic carbocycles. The maximum Gasteiger partial charge on any atom is 0.223 e. The first kappa shape index (κ1) is 13.3. The fraction of sp³-hybridized carbons (Fsp3) is 0.667. The van der Waals surface area contributed by atoms with Crippen molar-refractivity contribution in [3.63, 3.8) is 0 Å². The third-order valence-corrected chi connectivity index (χ3v) is 4.07. The largest absolute Gasteiger partial charge is 0.337 e. The minimum atomic E-state index is 0.0257. The Bertz CT molecular complexity index is 390. The molecule has 2 atom stereocenters. The van der Waals surface area contributed by atoms with Gasteiger partial charge in [0.1, 0.15) is 0 Å². The molecule has 0 aromatic rings. The quantitative estimate of drug-likeness (QED) is 0.813. The van der Waals surface area contributed by atoms with Crippen molar-refractivity contribution < 1.29 is 4.79 Å². The van der Waals surface area contributed by atoms with Crippen LogP contribution in [-0.2, 0) is 4.79 Å². The van der Waals surface area contributed by atoms with Crippen LogP contribution in [0.15, 0.2) is 23.8 Å². The summed E-state index contributed by atoms with van der Waals surface area (Å²) < 4.78 is 0. The molecule has 0 bridgehead atoms. The first-order chi connectivity index (χ1) is 8.38. The number of fused-ring (bicyclic) bond motifs is 1. The number of hydrogen-bond acceptors (Lipinski definition) is 2. The van der Waals surface area contributed by atoms with Crippen molar-refractivity contribution in [2.75, 3.05) is 13.1 Å². The zero-order chi connectivity index (χ0) is 13.3. The third-order valence-electron chi connectivity index (χ3n) is 4.07. The van der Waals surface area contributed by atoms with Gasteiger partial charge in [0.2, 0.25) is 5.91 Å². The van der Waals surface area contributed by atoms with E-state index in [1.807, 2.05) is 4.90 Å². The van der Waals surface area contributed by atoms with Gasteiger partial charge in [-0.25, -0.2) is 0 Å². The molecule has 1 aliphatic carbocycles. The Balaban J connectivity index is 2.03. The predicted molar refractivity (Wildman–Crippen MR) is 74.0 cm³/mol. The normalized spacial score (nSPS) is 25.8. The second-order valence-electron chi connectivity index (χ2n) is 6.55. The van der Waals surface area contributed by atoms with Gasteiger partial charge in [0.15, 0.2) is 0 Å². The fourth-order valence-corrected chi connectivity index (χ4v) is 2.44. The molecule has 3 nitrogen and oxygen atoms in total. The number of piperidine rings is 1. The van der Waals surface area contributed by atoms with Crippen LogP contribution in [0.4, 0.5) is 0 Å². The monoisotopic (exact) mass is 248 g/mol. The summed E-state index contributed by atoms with van der Waals surface area (Å²) >= 11 is 0. The number of amides is 1. The van der Waals surface area contributed by atoms with Crippen LogP contribution in [0.5, 0.6) is 0 Å². The van der Waals surface area contributed by atoms with E-state index in [9.17, 15) is 4.79 Å². The lowest BCUT2D eigenvalue weighted by atomic mass is 9.83. The molecule has 1 amide bonds. The van der Waals surface area contributed by atoms with Crippen LogP contribution >= 0.6 is 0 Å². The summed E-state index contributed by atoms with van der Waals surface area (Å²) in [6.45, 7) is 7.79. The SMILES string of the molecule is CC(C)(C)[C@H](N)CN1CC2=CC=CCC2CC1=O. The number of hydrogen-bond donors (Lipinski definition) is 1. The predicted octanol–water partition coefficient (Wildman–Crippen LogP) is 2.09. The molecule has 0 spiro atoms. The number of nitrogens with zero attached hydrogens (tertiary/aromatic N) is 1. The van der Waals surface area contributed by atoms with Gasteiger partial charge >= 0.3 is 0 Å². The Morgan fingerprint density at radius 3 is 2.89 bits per heavy atom. The van der Waals surface area contributed by atoms with E-state index in [0.717, 1.165) is 13.0 Å². The van der Waals surface area contributed by atoms with Crippen LogP contribution in [0.2, 0.25) is 0 Å². The van der Waals surface area contributed by atoms with Gasteiger partial charge < -0.3 is 10.6 Å². The Labute approximate surface area is 110 Å². The maximum absolute atomic E-state index is 12.1. The number of rotatable bonds is 2. The minimum absolute atomic E-state index is 0.0257. The Hall–Kier alpha value is -1.09. The first-order valence-corrected chi connectivity index (χ1v) is 6.77. The number of allylic oxidation sites excluding steroid dienone is 3. The van der Waals surface area contributed by atoms with E-state index in [2.05, 4.69) is 39.0 Å². The molecule has 0 aromatic heterocycles. The van der Waals surface area contributed by atoms with Crippen LogP contribution in [0.3, 0.4) is 0 Å². The number of carbonyl (C=O) groups is 1. The fourth-order valence-electron chi connectivity index (χ4n) is 2.44. The van der Waals surface area contributed by atoms with Gasteiger partial charge in [-0.05, 0) is 23.3 Å². The highest BCUT2D eigenvalue weighted by Crippen LogP contribution is 2.30. The molecule has 1 fully saturated rings. The Morgan fingerprint density at radius 2 is 2.22 bits per heavy atom. The molecular weight excluding hydrogens is 224 g/mol. The highest BCUT2D eigenvalue weighted by Gasteiger charge is 2.32. The average molecular weight is 248 g/mol. The van der Waals surface area contributed by atoms with E-state index < -0.39 is 0 Å². The molecule has 0 radical (unpaired) electrons. The summed E-state index contributed by atoms with van der Waals surface area (Å²) in [6, 6.07) is 0.0257. The van der Waals surface area contributed by atoms with Gasteiger partial charge in [-0.1, -0.05) is 39.0 Å². The van der Waals surface area contributed by atoms with Crippen LogP contribution in [0.1, 0.15) is 33.6 Å². The van der Waals surface area contributed by atoms with E-state index in [4.69, 9.17) is 5.73 Å². The summed E-state index contributed by atoms with van der Waals surface area (Å²) in [5.74, 6) is 0.691. The zero-order valence-corrected chi connectivity index (χ0v) is 11.6. The molecule has 1 aliphatic heterocycles. The standard InChI is InChI=1S/C15H24N2O/c1-15(2,3)13(16)10-17-9-12-7-5-4-6-11(12)8-14(17)18/h4-5,7,11,13H,6,8-10,16H2,1-3H3/t11?,13-/m1/s1. The summed E-state index contributed by atoms with van der Waals surface area (Å²) in [7, 11) is 0. The molecular formula is C15H24N2O. The second kappa shape index (κ2) is 4.88. The molecule has 2 N–H and O–H groups in total. The highest BCUT2D eigenvalue weighted by molar-refractivity contribution is 5.78. The van der Waals surface area contributed by atoms with Gasteiger partial charge in [-0.2, -0.15) is 0 Å². The molecule has 18 heavy (non-hydrogen) atoms. The molecule has 1 heterocycles. The van der Waals surface area contributed by atoms with E-state index in [0.29, 0.717) is 18.9 Å². The van der Waals surface area contributed by atoms with Crippen molar-refractivity contribution in [3.05, 3.63) is 23.8 Å². The van der Waals surface area contributed by atoms with Crippen molar-refractivity contribution in [1.29, 1.82) is 0 Å². The molecule has 1 saturated heterocycles. The van der Waals surface area contributed by atoms with Crippen molar-refractivity contribution >= 4 is 5.91 Å². The summed E-state index contributed by atoms with van der Waals surface area (Å²) in [5, 5.41) is 0. The third kappa shape index (κ3) is 2.83. The Kier molecular flexibility index (Phi) is 3.62. The second-order valence-corrected chi connectivity index (χ2v) is 6.55. The molecule has 3 heteroatoms. The van der Waals surface area contributed by atoms with Crippen LogP contribution in [0.25, 0.3) is 0 Å². The van der Waals surface area contributed by atoms with Gasteiger partial charge in [0.25, 0.3) is 0 Å². The summed E-state index contributed by atoms with van der Waals surface area (Å²) in [5.41, 5.74) is 7.61. The molecule has 1 unspecified atom stereocenters. The lowest BCUT2D eigenvalue weighted by Crippen LogP contribution is -2.50. The molecule has 2 aliphatic rings. The highest BCUT2D eigenvalue weighted by atomic mass is 16.2. The van der Waals surface area contributed by atoms with Gasteiger partial charge in [-0.3, -0.25) is 4.79 Å². The topological polar surface area (TPSA) is 46.3 Å². The lowest BCUT2D eigenvalue weighted by molar-refractivity contribution is -0.133. The summed E-state index contributed by atoms with van der Waals surface area (Å²) in [6.07, 6.45) is 8.07. The molecule has 0 saturated carbocycles. The van der Waals surface area contributed by atoms with Crippen LogP contribution in [-0.4, -0.2) is 29.9 Å². The van der Waals surface area contributed by atoms with Gasteiger partial charge in [-0.15, -0.1) is 0 Å². The molecule has 100 valence electrons. The average Bonchev–Trinajstić information content (AvgIpc) is 2.28. The number of nitrogens with two attached hydrogens (primary N) is 1. The number of carbonyl (C=O) groups excluding carboxylic acids is 1. The van der Waals surface area contributed by atoms with E-state index in [-0.39, 0.29) is 17.4 Å². The van der Waals surface area contributed by atoms with Crippen LogP contribution < -0.4 is 5.73 Å². The van der Waals surface area contributed by atoms with Gasteiger partial charge in [0, 0.05) is 25.6 Å². The lowest BCUT2D eigenvalue weighted by Gasteiger charge is -2.38. The first-order valence-electron chi connectivity index (χ1n) is 6.77. The summed E-state index contributed by atoms with van der Waals surface area (Å²) in [4.78, 5) is 14.1. The van der Waals surface area contributed by atoms with Gasteiger partial charge in [0.05, 0.1) is 0 Å².